The van der Waals surface area contributed by atoms with E-state index in [1.54, 1.807) is 0 Å². The maximum absolute atomic E-state index is 13.3. The van der Waals surface area contributed by atoms with Gasteiger partial charge in [0.2, 0.25) is 5.95 Å². The van der Waals surface area contributed by atoms with Crippen LogP contribution in [0.1, 0.15) is 18.4 Å². The van der Waals surface area contributed by atoms with E-state index in [0.29, 0.717) is 19.2 Å². The van der Waals surface area contributed by atoms with E-state index in [2.05, 4.69) is 27.4 Å². The Morgan fingerprint density at radius 2 is 1.90 bits per heavy atom. The summed E-state index contributed by atoms with van der Waals surface area (Å²) in [7, 11) is 0. The van der Waals surface area contributed by atoms with Crippen LogP contribution >= 0.6 is 0 Å². The summed E-state index contributed by atoms with van der Waals surface area (Å²) >= 11 is 0. The quantitative estimate of drug-likeness (QED) is 0.458. The van der Waals surface area contributed by atoms with Gasteiger partial charge in [-0.1, -0.05) is 30.8 Å². The van der Waals surface area contributed by atoms with E-state index >= 15 is 0 Å². The minimum Gasteiger partial charge on any atom is -0.500 e. The Morgan fingerprint density at radius 3 is 2.66 bits per heavy atom. The van der Waals surface area contributed by atoms with Gasteiger partial charge in [-0.25, -0.2) is 9.37 Å². The second kappa shape index (κ2) is 9.09. The number of para-hydroxylation sites is 2. The average molecular weight is 394 g/mol. The first-order valence-corrected chi connectivity index (χ1v) is 10.1. The fourth-order valence-corrected chi connectivity index (χ4v) is 3.87. The minimum absolute atomic E-state index is 0.215. The molecule has 29 heavy (non-hydrogen) atoms. The molecule has 0 unspecified atom stereocenters. The number of piperidine rings is 1. The fraction of sp³-hybridized carbons (Fsp3) is 0.348. The van der Waals surface area contributed by atoms with Gasteiger partial charge < -0.3 is 14.6 Å². The Balaban J connectivity index is 1.47. The summed E-state index contributed by atoms with van der Waals surface area (Å²) in [6.45, 7) is 7.94. The van der Waals surface area contributed by atoms with Crippen molar-refractivity contribution in [2.45, 2.75) is 25.4 Å². The number of nitrogens with zero attached hydrogens (tertiary/aromatic N) is 3. The molecule has 0 spiro atoms. The van der Waals surface area contributed by atoms with Crippen molar-refractivity contribution in [3.8, 4) is 0 Å². The van der Waals surface area contributed by atoms with Gasteiger partial charge in [0.25, 0.3) is 0 Å². The van der Waals surface area contributed by atoms with Gasteiger partial charge in [-0.3, -0.25) is 4.90 Å². The van der Waals surface area contributed by atoms with Crippen LogP contribution in [0.3, 0.4) is 0 Å². The lowest BCUT2D eigenvalue weighted by atomic mass is 10.1. The molecule has 152 valence electrons. The Morgan fingerprint density at radius 1 is 1.14 bits per heavy atom. The van der Waals surface area contributed by atoms with Crippen LogP contribution in [0.4, 0.5) is 10.3 Å². The number of likely N-dealkylation sites (tertiary alicyclic amines) is 1. The van der Waals surface area contributed by atoms with Crippen LogP contribution in [0.2, 0.25) is 0 Å². The van der Waals surface area contributed by atoms with E-state index < -0.39 is 0 Å². The number of benzene rings is 2. The second-order valence-electron chi connectivity index (χ2n) is 7.43. The predicted molar refractivity (Wildman–Crippen MR) is 114 cm³/mol. The third-order valence-corrected chi connectivity index (χ3v) is 5.47. The molecule has 1 fully saturated rings. The zero-order valence-corrected chi connectivity index (χ0v) is 16.6. The molecule has 3 aromatic rings. The monoisotopic (exact) mass is 394 g/mol. The lowest BCUT2D eigenvalue weighted by molar-refractivity contribution is 0.155. The molecule has 0 saturated carbocycles. The molecule has 1 saturated heterocycles. The topological polar surface area (TPSA) is 42.3 Å². The Labute approximate surface area is 170 Å². The molecule has 0 aliphatic carbocycles. The maximum Gasteiger partial charge on any atom is 0.204 e. The normalized spacial score (nSPS) is 15.5. The van der Waals surface area contributed by atoms with Gasteiger partial charge in [-0.15, -0.1) is 0 Å². The van der Waals surface area contributed by atoms with Crippen LogP contribution < -0.4 is 5.32 Å². The van der Waals surface area contributed by atoms with E-state index in [1.807, 2.05) is 30.3 Å². The van der Waals surface area contributed by atoms with Crippen LogP contribution in [0.15, 0.2) is 61.4 Å². The van der Waals surface area contributed by atoms with Gasteiger partial charge in [0, 0.05) is 25.7 Å². The number of imidazole rings is 1. The fourth-order valence-electron chi connectivity index (χ4n) is 3.87. The minimum atomic E-state index is -0.215. The molecule has 6 heteroatoms. The highest BCUT2D eigenvalue weighted by molar-refractivity contribution is 5.78. The molecule has 2 aromatic carbocycles. The number of fused-ring (bicyclic) bond motifs is 1. The number of hydrogen-bond donors (Lipinski definition) is 1. The van der Waals surface area contributed by atoms with Gasteiger partial charge in [0.1, 0.15) is 5.82 Å². The molecule has 0 bridgehead atoms. The van der Waals surface area contributed by atoms with E-state index in [0.717, 1.165) is 55.0 Å². The summed E-state index contributed by atoms with van der Waals surface area (Å²) in [6, 6.07) is 15.2. The average Bonchev–Trinajstić information content (AvgIpc) is 3.08. The third kappa shape index (κ3) is 4.77. The molecule has 0 atom stereocenters. The predicted octanol–water partition coefficient (Wildman–Crippen LogP) is 4.26. The number of rotatable bonds is 8. The molecule has 0 amide bonds. The highest BCUT2D eigenvalue weighted by Crippen LogP contribution is 2.24. The molecule has 1 aliphatic heterocycles. The first kappa shape index (κ1) is 19.5. The number of hydrogen-bond acceptors (Lipinski definition) is 4. The van der Waals surface area contributed by atoms with Crippen molar-refractivity contribution in [1.82, 2.24) is 14.5 Å². The van der Waals surface area contributed by atoms with Crippen molar-refractivity contribution in [2.75, 3.05) is 31.6 Å². The lowest BCUT2D eigenvalue weighted by Gasteiger charge is -2.32. The number of anilines is 1. The van der Waals surface area contributed by atoms with Gasteiger partial charge in [0.05, 0.1) is 30.4 Å². The number of halogens is 1. The molecule has 1 aromatic heterocycles. The summed E-state index contributed by atoms with van der Waals surface area (Å²) in [4.78, 5) is 7.25. The molecular formula is C23H27FN4O. The van der Waals surface area contributed by atoms with Gasteiger partial charge in [-0.05, 0) is 42.7 Å². The van der Waals surface area contributed by atoms with E-state index in [9.17, 15) is 4.39 Å². The van der Waals surface area contributed by atoms with Crippen molar-refractivity contribution < 1.29 is 9.13 Å². The van der Waals surface area contributed by atoms with Gasteiger partial charge in [0.15, 0.2) is 0 Å². The number of ether oxygens (including phenoxy) is 1. The smallest absolute Gasteiger partial charge is 0.204 e. The molecule has 4 rings (SSSR count). The summed E-state index contributed by atoms with van der Waals surface area (Å²) in [5.74, 6) is 0.664. The molecule has 1 N–H and O–H groups in total. The van der Waals surface area contributed by atoms with Crippen LogP contribution in [-0.2, 0) is 11.3 Å². The largest absolute Gasteiger partial charge is 0.500 e. The molecular weight excluding hydrogens is 367 g/mol. The van der Waals surface area contributed by atoms with E-state index in [1.165, 1.54) is 18.4 Å². The highest BCUT2D eigenvalue weighted by Gasteiger charge is 2.21. The third-order valence-electron chi connectivity index (χ3n) is 5.47. The first-order valence-electron chi connectivity index (χ1n) is 10.1. The number of aromatic nitrogens is 2. The summed E-state index contributed by atoms with van der Waals surface area (Å²) in [6.07, 6.45) is 3.63. The second-order valence-corrected chi connectivity index (χ2v) is 7.43. The summed E-state index contributed by atoms with van der Waals surface area (Å²) < 4.78 is 20.7. The molecule has 2 heterocycles. The maximum atomic E-state index is 13.3. The highest BCUT2D eigenvalue weighted by atomic mass is 19.1. The van der Waals surface area contributed by atoms with Crippen LogP contribution in [0, 0.1) is 5.82 Å². The van der Waals surface area contributed by atoms with Gasteiger partial charge >= 0.3 is 0 Å². The van der Waals surface area contributed by atoms with Crippen molar-refractivity contribution >= 4 is 17.0 Å². The van der Waals surface area contributed by atoms with E-state index in [-0.39, 0.29) is 5.82 Å². The zero-order valence-electron chi connectivity index (χ0n) is 16.6. The lowest BCUT2D eigenvalue weighted by Crippen LogP contribution is -2.40. The Hall–Kier alpha value is -2.86. The van der Waals surface area contributed by atoms with Crippen LogP contribution in [0.25, 0.3) is 11.0 Å². The van der Waals surface area contributed by atoms with Crippen molar-refractivity contribution in [1.29, 1.82) is 0 Å². The first-order chi connectivity index (χ1) is 14.2. The summed E-state index contributed by atoms with van der Waals surface area (Å²) in [5, 5.41) is 3.66. The SMILES string of the molecule is C=COCCN1CCC(Nc2nc3ccccc3n2Cc2ccc(F)cc2)CC1. The van der Waals surface area contributed by atoms with E-state index in [4.69, 9.17) is 9.72 Å². The van der Waals surface area contributed by atoms with Crippen LogP contribution in [0.5, 0.6) is 0 Å². The van der Waals surface area contributed by atoms with Crippen LogP contribution in [-0.4, -0.2) is 46.7 Å². The number of nitrogens with one attached hydrogen (secondary N) is 1. The molecule has 5 nitrogen and oxygen atoms in total. The Bertz CT molecular complexity index is 945. The zero-order chi connectivity index (χ0) is 20.1. The van der Waals surface area contributed by atoms with Crippen molar-refractivity contribution in [3.05, 3.63) is 72.8 Å². The van der Waals surface area contributed by atoms with Crippen molar-refractivity contribution in [3.63, 3.8) is 0 Å². The molecule has 1 aliphatic rings. The van der Waals surface area contributed by atoms with Gasteiger partial charge in [-0.2, -0.15) is 0 Å². The summed E-state index contributed by atoms with van der Waals surface area (Å²) in [5.41, 5.74) is 3.10. The van der Waals surface area contributed by atoms with Crippen molar-refractivity contribution in [2.24, 2.45) is 0 Å². The standard InChI is InChI=1S/C23H27FN4O/c1-2-29-16-15-27-13-11-20(12-14-27)25-23-26-21-5-3-4-6-22(21)28(23)17-18-7-9-19(24)10-8-18/h2-10,20H,1,11-17H2,(H,25,26). The Kier molecular flexibility index (Phi) is 6.10. The molecule has 0 radical (unpaired) electrons.